The molecule has 76 valence electrons. The number of nitrogens with one attached hydrogen (secondary N) is 1. The van der Waals surface area contributed by atoms with Crippen molar-refractivity contribution in [1.29, 1.82) is 0 Å². The van der Waals surface area contributed by atoms with Gasteiger partial charge in [0.2, 0.25) is 0 Å². The van der Waals surface area contributed by atoms with E-state index in [1.807, 2.05) is 0 Å². The second kappa shape index (κ2) is 4.83. The first-order valence-electron chi connectivity index (χ1n) is 4.00. The number of carboxylic acid groups (broad SMARTS) is 1. The van der Waals surface area contributed by atoms with E-state index >= 15 is 0 Å². The Morgan fingerprint density at radius 2 is 2.00 bits per heavy atom. The van der Waals surface area contributed by atoms with Crippen LogP contribution < -0.4 is 4.84 Å². The van der Waals surface area contributed by atoms with Crippen molar-refractivity contribution in [2.75, 3.05) is 0 Å². The SMILES string of the molecule is O=C(O)[C@@H](Cc1ccc(O)cc1)NCl. The Balaban J connectivity index is 2.67. The lowest BCUT2D eigenvalue weighted by atomic mass is 10.1. The Morgan fingerprint density at radius 1 is 1.43 bits per heavy atom. The van der Waals surface area contributed by atoms with Crippen LogP contribution in [0.15, 0.2) is 24.3 Å². The summed E-state index contributed by atoms with van der Waals surface area (Å²) in [5.41, 5.74) is 0.795. The molecule has 0 amide bonds. The standard InChI is InChI=1S/C9H10ClNO3/c10-11-8(9(13)14)5-6-1-3-7(12)4-2-6/h1-4,8,11-12H,5H2,(H,13,14)/t8-/m1/s1. The van der Waals surface area contributed by atoms with Crippen LogP contribution in [0.3, 0.4) is 0 Å². The number of phenols is 1. The molecular weight excluding hydrogens is 206 g/mol. The molecule has 1 atom stereocenters. The lowest BCUT2D eigenvalue weighted by Gasteiger charge is -2.09. The van der Waals surface area contributed by atoms with Gasteiger partial charge in [-0.1, -0.05) is 12.1 Å². The van der Waals surface area contributed by atoms with Crippen LogP contribution in [0.25, 0.3) is 0 Å². The van der Waals surface area contributed by atoms with Crippen molar-refractivity contribution in [3.05, 3.63) is 29.8 Å². The molecule has 0 fully saturated rings. The largest absolute Gasteiger partial charge is 0.508 e. The number of phenolic OH excluding ortho intramolecular Hbond substituents is 1. The molecule has 0 saturated heterocycles. The van der Waals surface area contributed by atoms with Gasteiger partial charge in [-0.2, -0.15) is 0 Å². The summed E-state index contributed by atoms with van der Waals surface area (Å²) in [6.45, 7) is 0. The molecule has 4 nitrogen and oxygen atoms in total. The van der Waals surface area contributed by atoms with Crippen LogP contribution in [-0.4, -0.2) is 22.2 Å². The predicted octanol–water partition coefficient (Wildman–Crippen LogP) is 1.13. The third-order valence-corrected chi connectivity index (χ3v) is 2.07. The molecule has 0 unspecified atom stereocenters. The maximum Gasteiger partial charge on any atom is 0.322 e. The van der Waals surface area contributed by atoms with E-state index in [1.54, 1.807) is 12.1 Å². The zero-order valence-corrected chi connectivity index (χ0v) is 8.03. The lowest BCUT2D eigenvalue weighted by Crippen LogP contribution is -2.32. The fourth-order valence-corrected chi connectivity index (χ4v) is 1.21. The number of benzene rings is 1. The summed E-state index contributed by atoms with van der Waals surface area (Å²) < 4.78 is 0. The Hall–Kier alpha value is -1.26. The number of carbonyl (C=O) groups is 1. The van der Waals surface area contributed by atoms with Crippen molar-refractivity contribution in [1.82, 2.24) is 4.84 Å². The molecule has 5 heteroatoms. The van der Waals surface area contributed by atoms with Crippen LogP contribution >= 0.6 is 11.8 Å². The average Bonchev–Trinajstić information content (AvgIpc) is 2.16. The number of carboxylic acids is 1. The zero-order valence-electron chi connectivity index (χ0n) is 7.27. The van der Waals surface area contributed by atoms with Crippen molar-refractivity contribution in [3.63, 3.8) is 0 Å². The Morgan fingerprint density at radius 3 is 2.43 bits per heavy atom. The van der Waals surface area contributed by atoms with E-state index in [2.05, 4.69) is 4.84 Å². The van der Waals surface area contributed by atoms with Crippen molar-refractivity contribution in [3.8, 4) is 5.75 Å². The van der Waals surface area contributed by atoms with Crippen molar-refractivity contribution in [2.24, 2.45) is 0 Å². The third kappa shape index (κ3) is 2.90. The van der Waals surface area contributed by atoms with Gasteiger partial charge in [0.25, 0.3) is 0 Å². The molecule has 0 radical (unpaired) electrons. The summed E-state index contributed by atoms with van der Waals surface area (Å²) in [5, 5.41) is 17.7. The number of aromatic hydroxyl groups is 1. The average molecular weight is 216 g/mol. The van der Waals surface area contributed by atoms with E-state index < -0.39 is 12.0 Å². The van der Waals surface area contributed by atoms with E-state index in [0.29, 0.717) is 0 Å². The summed E-state index contributed by atoms with van der Waals surface area (Å²) in [4.78, 5) is 12.8. The minimum absolute atomic E-state index is 0.152. The van der Waals surface area contributed by atoms with Crippen LogP contribution in [0.1, 0.15) is 5.56 Å². The quantitative estimate of drug-likeness (QED) is 0.659. The normalized spacial score (nSPS) is 12.4. The van der Waals surface area contributed by atoms with Gasteiger partial charge in [-0.15, -0.1) is 0 Å². The van der Waals surface area contributed by atoms with Crippen LogP contribution in [-0.2, 0) is 11.2 Å². The summed E-state index contributed by atoms with van der Waals surface area (Å²) in [5.74, 6) is -0.854. The first-order valence-corrected chi connectivity index (χ1v) is 4.38. The van der Waals surface area contributed by atoms with E-state index in [9.17, 15) is 4.79 Å². The highest BCUT2D eigenvalue weighted by atomic mass is 35.5. The van der Waals surface area contributed by atoms with Gasteiger partial charge in [0.05, 0.1) is 0 Å². The maximum atomic E-state index is 10.6. The first kappa shape index (κ1) is 10.8. The summed E-state index contributed by atoms with van der Waals surface area (Å²) in [6, 6.07) is 5.49. The van der Waals surface area contributed by atoms with Crippen LogP contribution in [0.4, 0.5) is 0 Å². The third-order valence-electron chi connectivity index (χ3n) is 1.81. The molecular formula is C9H10ClNO3. The van der Waals surface area contributed by atoms with Gasteiger partial charge in [0, 0.05) is 0 Å². The van der Waals surface area contributed by atoms with Gasteiger partial charge in [-0.3, -0.25) is 4.79 Å². The first-order chi connectivity index (χ1) is 6.63. The van der Waals surface area contributed by atoms with Crippen molar-refractivity contribution in [2.45, 2.75) is 12.5 Å². The minimum atomic E-state index is -1.01. The summed E-state index contributed by atoms with van der Waals surface area (Å²) in [6.07, 6.45) is 0.277. The monoisotopic (exact) mass is 215 g/mol. The molecule has 0 spiro atoms. The van der Waals surface area contributed by atoms with Crippen LogP contribution in [0.2, 0.25) is 0 Å². The van der Waals surface area contributed by atoms with Crippen molar-refractivity contribution < 1.29 is 15.0 Å². The molecule has 1 aromatic carbocycles. The maximum absolute atomic E-state index is 10.6. The molecule has 0 heterocycles. The summed E-state index contributed by atoms with van der Waals surface area (Å²) >= 11 is 5.26. The van der Waals surface area contributed by atoms with E-state index in [4.69, 9.17) is 22.0 Å². The highest BCUT2D eigenvalue weighted by molar-refractivity contribution is 6.14. The molecule has 0 aliphatic carbocycles. The van der Waals surface area contributed by atoms with Crippen molar-refractivity contribution >= 4 is 17.7 Å². The number of hydrogen-bond donors (Lipinski definition) is 3. The Bertz CT molecular complexity index is 312. The summed E-state index contributed by atoms with van der Waals surface area (Å²) in [7, 11) is 0. The van der Waals surface area contributed by atoms with Crippen LogP contribution in [0, 0.1) is 0 Å². The number of aliphatic carboxylic acids is 1. The van der Waals surface area contributed by atoms with Gasteiger partial charge in [0.15, 0.2) is 0 Å². The van der Waals surface area contributed by atoms with Gasteiger partial charge >= 0.3 is 5.97 Å². The molecule has 3 N–H and O–H groups in total. The van der Waals surface area contributed by atoms with Gasteiger partial charge in [-0.25, -0.2) is 4.84 Å². The second-order valence-electron chi connectivity index (χ2n) is 2.87. The van der Waals surface area contributed by atoms with E-state index in [1.165, 1.54) is 12.1 Å². The van der Waals surface area contributed by atoms with Crippen LogP contribution in [0.5, 0.6) is 5.75 Å². The van der Waals surface area contributed by atoms with Gasteiger partial charge < -0.3 is 10.2 Å². The molecule has 0 aliphatic rings. The van der Waals surface area contributed by atoms with E-state index in [-0.39, 0.29) is 12.2 Å². The highest BCUT2D eigenvalue weighted by Crippen LogP contribution is 2.11. The topological polar surface area (TPSA) is 69.6 Å². The Kier molecular flexibility index (Phi) is 3.73. The smallest absolute Gasteiger partial charge is 0.322 e. The molecule has 0 aliphatic heterocycles. The highest BCUT2D eigenvalue weighted by Gasteiger charge is 2.15. The number of rotatable bonds is 4. The van der Waals surface area contributed by atoms with Gasteiger partial charge in [-0.05, 0) is 35.9 Å². The predicted molar refractivity (Wildman–Crippen MR) is 52.2 cm³/mol. The molecule has 0 bridgehead atoms. The molecule has 1 rings (SSSR count). The minimum Gasteiger partial charge on any atom is -0.508 e. The number of hydrogen-bond acceptors (Lipinski definition) is 3. The Labute approximate surface area is 86.2 Å². The molecule has 0 saturated carbocycles. The van der Waals surface area contributed by atoms with Gasteiger partial charge in [0.1, 0.15) is 11.8 Å². The lowest BCUT2D eigenvalue weighted by molar-refractivity contribution is -0.138. The zero-order chi connectivity index (χ0) is 10.6. The molecule has 14 heavy (non-hydrogen) atoms. The fraction of sp³-hybridized carbons (Fsp3) is 0.222. The fourth-order valence-electron chi connectivity index (χ4n) is 1.04. The van der Waals surface area contributed by atoms with E-state index in [0.717, 1.165) is 5.56 Å². The molecule has 0 aromatic heterocycles. The number of halogens is 1. The molecule has 1 aromatic rings. The second-order valence-corrected chi connectivity index (χ2v) is 3.09.